The Hall–Kier alpha value is -0.480. The molecule has 0 N–H and O–H groups in total. The molecular weight excluding hydrogens is 284 g/mol. The van der Waals surface area contributed by atoms with E-state index in [-0.39, 0.29) is 0 Å². The molecule has 0 atom stereocenters. The third kappa shape index (κ3) is 1.89. The molecule has 0 unspecified atom stereocenters. The highest BCUT2D eigenvalue weighted by atomic mass is 79.9. The summed E-state index contributed by atoms with van der Waals surface area (Å²) >= 11 is 5.61. The number of thioether (sulfide) groups is 1. The fourth-order valence-electron chi connectivity index (χ4n) is 2.19. The number of aromatic nitrogens is 2. The zero-order valence-electron chi connectivity index (χ0n) is 8.90. The van der Waals surface area contributed by atoms with Crippen LogP contribution in [-0.2, 0) is 0 Å². The minimum Gasteiger partial charge on any atom is -0.306 e. The number of hydrogen-bond donors (Lipinski definition) is 0. The molecule has 3 heterocycles. The van der Waals surface area contributed by atoms with E-state index in [1.54, 1.807) is 0 Å². The molecule has 1 aliphatic heterocycles. The summed E-state index contributed by atoms with van der Waals surface area (Å²) in [4.78, 5) is 4.74. The molecule has 2 nitrogen and oxygen atoms in total. The summed E-state index contributed by atoms with van der Waals surface area (Å²) in [7, 11) is 0. The number of pyridine rings is 1. The standard InChI is InChI=1S/C12H13BrN2S/c13-10-2-1-5-15-8-11(14-12(10)15)9-3-6-16-7-4-9/h1-2,5,8-9H,3-4,6-7H2. The van der Waals surface area contributed by atoms with Gasteiger partial charge >= 0.3 is 0 Å². The molecule has 3 rings (SSSR count). The molecule has 2 aromatic heterocycles. The third-order valence-electron chi connectivity index (χ3n) is 3.09. The molecule has 0 aliphatic carbocycles. The molecule has 4 heteroatoms. The molecule has 0 amide bonds. The summed E-state index contributed by atoms with van der Waals surface area (Å²) in [5, 5.41) is 0. The monoisotopic (exact) mass is 296 g/mol. The topological polar surface area (TPSA) is 17.3 Å². The second kappa shape index (κ2) is 4.41. The highest BCUT2D eigenvalue weighted by molar-refractivity contribution is 9.10. The predicted octanol–water partition coefficient (Wildman–Crippen LogP) is 3.71. The van der Waals surface area contributed by atoms with Crippen LogP contribution in [0.3, 0.4) is 0 Å². The summed E-state index contributed by atoms with van der Waals surface area (Å²) in [5.41, 5.74) is 2.29. The first-order valence-corrected chi connectivity index (χ1v) is 7.50. The summed E-state index contributed by atoms with van der Waals surface area (Å²) in [5.74, 6) is 3.22. The van der Waals surface area contributed by atoms with Crippen molar-refractivity contribution in [2.75, 3.05) is 11.5 Å². The number of imidazole rings is 1. The van der Waals surface area contributed by atoms with Crippen LogP contribution in [0.2, 0.25) is 0 Å². The minimum atomic E-state index is 0.660. The summed E-state index contributed by atoms with van der Waals surface area (Å²) in [6.07, 6.45) is 6.78. The molecule has 16 heavy (non-hydrogen) atoms. The van der Waals surface area contributed by atoms with Crippen LogP contribution in [0.4, 0.5) is 0 Å². The fourth-order valence-corrected chi connectivity index (χ4v) is 3.74. The molecule has 0 bridgehead atoms. The Bertz CT molecular complexity index is 503. The number of fused-ring (bicyclic) bond motifs is 1. The van der Waals surface area contributed by atoms with Gasteiger partial charge in [0.25, 0.3) is 0 Å². The van der Waals surface area contributed by atoms with E-state index in [4.69, 9.17) is 4.98 Å². The Kier molecular flexibility index (Phi) is 2.94. The van der Waals surface area contributed by atoms with Gasteiger partial charge in [-0.15, -0.1) is 0 Å². The van der Waals surface area contributed by atoms with Crippen molar-refractivity contribution in [2.45, 2.75) is 18.8 Å². The Morgan fingerprint density at radius 1 is 1.38 bits per heavy atom. The van der Waals surface area contributed by atoms with Gasteiger partial charge in [-0.3, -0.25) is 0 Å². The Morgan fingerprint density at radius 2 is 2.19 bits per heavy atom. The van der Waals surface area contributed by atoms with E-state index >= 15 is 0 Å². The van der Waals surface area contributed by atoms with E-state index in [0.29, 0.717) is 5.92 Å². The fraction of sp³-hybridized carbons (Fsp3) is 0.417. The number of halogens is 1. The maximum absolute atomic E-state index is 4.74. The molecule has 0 spiro atoms. The van der Waals surface area contributed by atoms with E-state index in [1.807, 2.05) is 12.1 Å². The molecule has 0 aromatic carbocycles. The van der Waals surface area contributed by atoms with Gasteiger partial charge in [0.05, 0.1) is 10.2 Å². The van der Waals surface area contributed by atoms with Gasteiger partial charge < -0.3 is 4.40 Å². The van der Waals surface area contributed by atoms with Crippen molar-refractivity contribution in [1.82, 2.24) is 9.38 Å². The summed E-state index contributed by atoms with van der Waals surface area (Å²) < 4.78 is 3.19. The van der Waals surface area contributed by atoms with Crippen LogP contribution >= 0.6 is 27.7 Å². The highest BCUT2D eigenvalue weighted by Crippen LogP contribution is 2.31. The highest BCUT2D eigenvalue weighted by Gasteiger charge is 2.18. The third-order valence-corrected chi connectivity index (χ3v) is 4.76. The lowest BCUT2D eigenvalue weighted by Gasteiger charge is -2.18. The second-order valence-corrected chi connectivity index (χ2v) is 6.22. The van der Waals surface area contributed by atoms with Crippen molar-refractivity contribution >= 4 is 33.3 Å². The van der Waals surface area contributed by atoms with E-state index in [9.17, 15) is 0 Å². The first-order valence-electron chi connectivity index (χ1n) is 5.55. The quantitative estimate of drug-likeness (QED) is 0.798. The zero-order chi connectivity index (χ0) is 11.0. The Morgan fingerprint density at radius 3 is 2.94 bits per heavy atom. The molecule has 1 fully saturated rings. The van der Waals surface area contributed by atoms with Gasteiger partial charge in [0.15, 0.2) is 5.65 Å². The van der Waals surface area contributed by atoms with Crippen LogP contribution in [0.5, 0.6) is 0 Å². The van der Waals surface area contributed by atoms with Gasteiger partial charge in [0.2, 0.25) is 0 Å². The largest absolute Gasteiger partial charge is 0.306 e. The van der Waals surface area contributed by atoms with E-state index in [0.717, 1.165) is 10.1 Å². The summed E-state index contributed by atoms with van der Waals surface area (Å²) in [6, 6.07) is 4.09. The van der Waals surface area contributed by atoms with Gasteiger partial charge in [0.1, 0.15) is 0 Å². The SMILES string of the molecule is Brc1cccn2cc(C3CCSCC3)nc12. The lowest BCUT2D eigenvalue weighted by Crippen LogP contribution is -2.07. The van der Waals surface area contributed by atoms with Crippen molar-refractivity contribution in [1.29, 1.82) is 0 Å². The van der Waals surface area contributed by atoms with Crippen LogP contribution in [0.25, 0.3) is 5.65 Å². The number of nitrogens with zero attached hydrogens (tertiary/aromatic N) is 2. The van der Waals surface area contributed by atoms with Crippen molar-refractivity contribution in [3.05, 3.63) is 34.7 Å². The smallest absolute Gasteiger partial charge is 0.151 e. The van der Waals surface area contributed by atoms with Crippen LogP contribution in [0.1, 0.15) is 24.5 Å². The Balaban J connectivity index is 2.01. The predicted molar refractivity (Wildman–Crippen MR) is 72.2 cm³/mol. The first kappa shape index (κ1) is 10.7. The van der Waals surface area contributed by atoms with Crippen molar-refractivity contribution in [3.8, 4) is 0 Å². The average Bonchev–Trinajstić information content (AvgIpc) is 2.76. The van der Waals surface area contributed by atoms with Gasteiger partial charge in [-0.2, -0.15) is 11.8 Å². The maximum Gasteiger partial charge on any atom is 0.151 e. The average molecular weight is 297 g/mol. The molecule has 1 saturated heterocycles. The lowest BCUT2D eigenvalue weighted by atomic mass is 10.00. The molecule has 0 saturated carbocycles. The Labute approximate surface area is 108 Å². The van der Waals surface area contributed by atoms with Crippen LogP contribution in [0.15, 0.2) is 29.0 Å². The van der Waals surface area contributed by atoms with Crippen LogP contribution in [0, 0.1) is 0 Å². The normalized spacial score (nSPS) is 18.1. The number of rotatable bonds is 1. The van der Waals surface area contributed by atoms with E-state index in [1.165, 1.54) is 30.0 Å². The molecule has 0 radical (unpaired) electrons. The van der Waals surface area contributed by atoms with Crippen molar-refractivity contribution in [3.63, 3.8) is 0 Å². The second-order valence-electron chi connectivity index (χ2n) is 4.14. The van der Waals surface area contributed by atoms with Gasteiger partial charge in [-0.05, 0) is 52.4 Å². The maximum atomic E-state index is 4.74. The van der Waals surface area contributed by atoms with Gasteiger partial charge in [-0.25, -0.2) is 4.98 Å². The molecule has 2 aromatic rings. The van der Waals surface area contributed by atoms with E-state index in [2.05, 4.69) is 44.5 Å². The molecule has 1 aliphatic rings. The minimum absolute atomic E-state index is 0.660. The number of hydrogen-bond acceptors (Lipinski definition) is 2. The van der Waals surface area contributed by atoms with Crippen molar-refractivity contribution in [2.24, 2.45) is 0 Å². The summed E-state index contributed by atoms with van der Waals surface area (Å²) in [6.45, 7) is 0. The molecule has 84 valence electrons. The van der Waals surface area contributed by atoms with Crippen LogP contribution < -0.4 is 0 Å². The zero-order valence-corrected chi connectivity index (χ0v) is 11.3. The van der Waals surface area contributed by atoms with E-state index < -0.39 is 0 Å². The van der Waals surface area contributed by atoms with Gasteiger partial charge in [0, 0.05) is 18.3 Å². The van der Waals surface area contributed by atoms with Gasteiger partial charge in [-0.1, -0.05) is 0 Å². The van der Waals surface area contributed by atoms with Crippen molar-refractivity contribution < 1.29 is 0 Å². The van der Waals surface area contributed by atoms with Crippen LogP contribution in [-0.4, -0.2) is 20.9 Å². The molecular formula is C12H13BrN2S. The lowest BCUT2D eigenvalue weighted by molar-refractivity contribution is 0.623. The first-order chi connectivity index (χ1) is 7.84.